The number of hydrogen-bond donors (Lipinski definition) is 0. The average molecular weight is 335 g/mol. The molecule has 1 aromatic carbocycles. The van der Waals surface area contributed by atoms with E-state index in [4.69, 9.17) is 0 Å². The van der Waals surface area contributed by atoms with Crippen molar-refractivity contribution in [1.29, 1.82) is 0 Å². The van der Waals surface area contributed by atoms with Gasteiger partial charge in [-0.05, 0) is 35.9 Å². The van der Waals surface area contributed by atoms with Gasteiger partial charge in [0.15, 0.2) is 0 Å². The average Bonchev–Trinajstić information content (AvgIpc) is 3.00. The third kappa shape index (κ3) is 3.29. The third-order valence-electron chi connectivity index (χ3n) is 3.51. The van der Waals surface area contributed by atoms with Crippen molar-refractivity contribution in [1.82, 2.24) is 14.8 Å². The van der Waals surface area contributed by atoms with Crippen LogP contribution in [0.3, 0.4) is 0 Å². The van der Waals surface area contributed by atoms with Crippen molar-refractivity contribution in [2.75, 3.05) is 0 Å². The summed E-state index contributed by atoms with van der Waals surface area (Å²) < 4.78 is 56.3. The summed E-state index contributed by atoms with van der Waals surface area (Å²) in [5.41, 5.74) is -0.231. The Morgan fingerprint density at radius 2 is 1.92 bits per heavy atom. The molecule has 0 aliphatic heterocycles. The van der Waals surface area contributed by atoms with Gasteiger partial charge in [-0.2, -0.15) is 5.10 Å². The first-order valence-electron chi connectivity index (χ1n) is 7.14. The van der Waals surface area contributed by atoms with Crippen LogP contribution < -0.4 is 0 Å². The first-order valence-corrected chi connectivity index (χ1v) is 7.14. The Labute approximate surface area is 135 Å². The van der Waals surface area contributed by atoms with E-state index in [1.165, 1.54) is 18.3 Å². The van der Waals surface area contributed by atoms with Gasteiger partial charge in [-0.3, -0.25) is 9.67 Å². The second-order valence-electron chi connectivity index (χ2n) is 5.46. The highest BCUT2D eigenvalue weighted by Crippen LogP contribution is 2.33. The highest BCUT2D eigenvalue weighted by Gasteiger charge is 2.29. The van der Waals surface area contributed by atoms with Gasteiger partial charge in [0.1, 0.15) is 17.3 Å². The minimum atomic E-state index is -3.36. The van der Waals surface area contributed by atoms with E-state index in [1.807, 2.05) is 0 Å². The van der Waals surface area contributed by atoms with E-state index < -0.39 is 23.1 Å². The van der Waals surface area contributed by atoms with E-state index in [9.17, 15) is 17.6 Å². The Bertz CT molecular complexity index is 855. The lowest BCUT2D eigenvalue weighted by atomic mass is 10.0. The molecule has 3 aromatic rings. The lowest BCUT2D eigenvalue weighted by molar-refractivity contribution is 0.0138. The summed E-state index contributed by atoms with van der Waals surface area (Å²) in [6.07, 6.45) is 4.76. The van der Waals surface area contributed by atoms with Crippen LogP contribution in [0.25, 0.3) is 11.3 Å². The predicted octanol–water partition coefficient (Wildman–Crippen LogP) is 4.38. The summed E-state index contributed by atoms with van der Waals surface area (Å²) in [7, 11) is 0. The van der Waals surface area contributed by atoms with Gasteiger partial charge in [-0.15, -0.1) is 0 Å². The first kappa shape index (κ1) is 16.2. The molecular formula is C17H13F4N3. The highest BCUT2D eigenvalue weighted by molar-refractivity contribution is 5.61. The topological polar surface area (TPSA) is 30.7 Å². The Morgan fingerprint density at radius 1 is 1.12 bits per heavy atom. The van der Waals surface area contributed by atoms with Gasteiger partial charge in [0.25, 0.3) is 5.92 Å². The number of nitrogens with zero attached hydrogens (tertiary/aromatic N) is 3. The van der Waals surface area contributed by atoms with E-state index in [0.29, 0.717) is 19.0 Å². The van der Waals surface area contributed by atoms with E-state index in [0.717, 1.165) is 12.1 Å². The molecule has 124 valence electrons. The maximum Gasteiger partial charge on any atom is 0.273 e. The van der Waals surface area contributed by atoms with Crippen molar-refractivity contribution in [2.45, 2.75) is 19.4 Å². The van der Waals surface area contributed by atoms with Gasteiger partial charge >= 0.3 is 0 Å². The van der Waals surface area contributed by atoms with E-state index >= 15 is 0 Å². The zero-order valence-corrected chi connectivity index (χ0v) is 12.7. The number of pyridine rings is 1. The van der Waals surface area contributed by atoms with Gasteiger partial charge in [0.05, 0.1) is 12.1 Å². The third-order valence-corrected chi connectivity index (χ3v) is 3.51. The van der Waals surface area contributed by atoms with Crippen LogP contribution in [0.1, 0.15) is 18.1 Å². The molecule has 0 atom stereocenters. The molecule has 0 amide bonds. The van der Waals surface area contributed by atoms with Crippen molar-refractivity contribution in [2.24, 2.45) is 0 Å². The monoisotopic (exact) mass is 335 g/mol. The summed E-state index contributed by atoms with van der Waals surface area (Å²) >= 11 is 0. The van der Waals surface area contributed by atoms with Crippen LogP contribution >= 0.6 is 0 Å². The van der Waals surface area contributed by atoms with Crippen molar-refractivity contribution in [3.05, 3.63) is 71.7 Å². The maximum absolute atomic E-state index is 14.3. The van der Waals surface area contributed by atoms with Crippen molar-refractivity contribution < 1.29 is 17.6 Å². The molecule has 2 heterocycles. The van der Waals surface area contributed by atoms with Crippen molar-refractivity contribution in [3.63, 3.8) is 0 Å². The van der Waals surface area contributed by atoms with Gasteiger partial charge in [-0.1, -0.05) is 0 Å². The molecule has 0 saturated carbocycles. The molecule has 24 heavy (non-hydrogen) atoms. The van der Waals surface area contributed by atoms with Crippen molar-refractivity contribution >= 4 is 0 Å². The molecular weight excluding hydrogens is 322 g/mol. The summed E-state index contributed by atoms with van der Waals surface area (Å²) in [5, 5.41) is 4.01. The van der Waals surface area contributed by atoms with Crippen LogP contribution in [0.5, 0.6) is 0 Å². The quantitative estimate of drug-likeness (QED) is 0.662. The minimum Gasteiger partial charge on any atom is -0.268 e. The number of benzene rings is 1. The fourth-order valence-electron chi connectivity index (χ4n) is 2.37. The fourth-order valence-corrected chi connectivity index (χ4v) is 2.37. The second kappa shape index (κ2) is 6.07. The van der Waals surface area contributed by atoms with Crippen molar-refractivity contribution in [3.8, 4) is 11.3 Å². The number of rotatable bonds is 4. The molecule has 0 aliphatic rings. The second-order valence-corrected chi connectivity index (χ2v) is 5.46. The molecule has 0 fully saturated rings. The number of aromatic nitrogens is 3. The van der Waals surface area contributed by atoms with Crippen LogP contribution in [-0.4, -0.2) is 14.8 Å². The molecule has 0 unspecified atom stereocenters. The molecule has 3 nitrogen and oxygen atoms in total. The van der Waals surface area contributed by atoms with Gasteiger partial charge < -0.3 is 0 Å². The number of hydrogen-bond acceptors (Lipinski definition) is 2. The molecule has 2 aromatic heterocycles. The summed E-state index contributed by atoms with van der Waals surface area (Å²) in [5.74, 6) is -5.07. The SMILES string of the molecule is CC(F)(F)c1cc(-c2ncc(Cn3cccn3)cc2F)ccc1F. The van der Waals surface area contributed by atoms with E-state index in [2.05, 4.69) is 10.1 Å². The van der Waals surface area contributed by atoms with Gasteiger partial charge in [0, 0.05) is 31.1 Å². The smallest absolute Gasteiger partial charge is 0.268 e. The highest BCUT2D eigenvalue weighted by atomic mass is 19.3. The summed E-state index contributed by atoms with van der Waals surface area (Å²) in [6, 6.07) is 6.04. The molecule has 0 N–H and O–H groups in total. The molecule has 0 radical (unpaired) electrons. The Morgan fingerprint density at radius 3 is 2.54 bits per heavy atom. The van der Waals surface area contributed by atoms with E-state index in [1.54, 1.807) is 23.1 Å². The normalized spacial score (nSPS) is 11.7. The van der Waals surface area contributed by atoms with Crippen LogP contribution in [0.4, 0.5) is 17.6 Å². The Balaban J connectivity index is 1.95. The standard InChI is InChI=1S/C17H13F4N3/c1-17(20,21)13-8-12(3-4-14(13)18)16-15(19)7-11(9-22-16)10-24-6-2-5-23-24/h2-9H,10H2,1H3. The van der Waals surface area contributed by atoms with Crippen LogP contribution in [0.2, 0.25) is 0 Å². The minimum absolute atomic E-state index is 0.0936. The van der Waals surface area contributed by atoms with Crippen LogP contribution in [0.15, 0.2) is 48.9 Å². The number of alkyl halides is 2. The zero-order valence-electron chi connectivity index (χ0n) is 12.7. The van der Waals surface area contributed by atoms with Crippen LogP contribution in [0, 0.1) is 11.6 Å². The van der Waals surface area contributed by atoms with E-state index in [-0.39, 0.29) is 11.3 Å². The first-order chi connectivity index (χ1) is 11.3. The van der Waals surface area contributed by atoms with Crippen LogP contribution in [-0.2, 0) is 12.5 Å². The zero-order chi connectivity index (χ0) is 17.3. The lowest BCUT2D eigenvalue weighted by Crippen LogP contribution is -2.10. The predicted molar refractivity (Wildman–Crippen MR) is 80.5 cm³/mol. The Hall–Kier alpha value is -2.70. The van der Waals surface area contributed by atoms with Gasteiger partial charge in [-0.25, -0.2) is 17.6 Å². The largest absolute Gasteiger partial charge is 0.273 e. The molecule has 0 saturated heterocycles. The molecule has 0 aliphatic carbocycles. The lowest BCUT2D eigenvalue weighted by Gasteiger charge is -2.13. The molecule has 7 heteroatoms. The maximum atomic E-state index is 14.3. The Kier molecular flexibility index (Phi) is 4.09. The summed E-state index contributed by atoms with van der Waals surface area (Å²) in [4.78, 5) is 4.00. The fraction of sp³-hybridized carbons (Fsp3) is 0.176. The molecule has 0 bridgehead atoms. The molecule has 3 rings (SSSR count). The summed E-state index contributed by atoms with van der Waals surface area (Å²) in [6.45, 7) is 0.922. The van der Waals surface area contributed by atoms with Gasteiger partial charge in [0.2, 0.25) is 0 Å². The molecule has 0 spiro atoms. The number of halogens is 4.